The number of methoxy groups -OCH3 is 1. The Morgan fingerprint density at radius 1 is 1.23 bits per heavy atom. The van der Waals surface area contributed by atoms with E-state index in [1.165, 1.54) is 0 Å². The van der Waals surface area contributed by atoms with Gasteiger partial charge in [0.2, 0.25) is 0 Å². The fraction of sp³-hybridized carbons (Fsp3) is 0.950. The maximum absolute atomic E-state index is 9.40. The van der Waals surface area contributed by atoms with Crippen LogP contribution in [-0.4, -0.2) is 75.1 Å². The fourth-order valence-corrected chi connectivity index (χ4v) is 3.64. The number of aliphatic imine (C=N–C) groups is 1. The predicted octanol–water partition coefficient (Wildman–Crippen LogP) is 2.23. The Labute approximate surface area is 160 Å². The molecule has 0 aromatic heterocycles. The van der Waals surface area contributed by atoms with Crippen LogP contribution >= 0.6 is 0 Å². The number of likely N-dealkylation sites (tertiary alicyclic amines) is 1. The molecule has 1 heterocycles. The molecule has 6 heteroatoms. The van der Waals surface area contributed by atoms with E-state index in [-0.39, 0.29) is 12.0 Å². The highest BCUT2D eigenvalue weighted by molar-refractivity contribution is 5.80. The lowest BCUT2D eigenvalue weighted by molar-refractivity contribution is 0.155. The molecule has 0 saturated carbocycles. The summed E-state index contributed by atoms with van der Waals surface area (Å²) < 4.78 is 5.14. The zero-order valence-electron chi connectivity index (χ0n) is 17.5. The van der Waals surface area contributed by atoms with Crippen molar-refractivity contribution in [3.05, 3.63) is 0 Å². The predicted molar refractivity (Wildman–Crippen MR) is 110 cm³/mol. The summed E-state index contributed by atoms with van der Waals surface area (Å²) in [5.41, 5.74) is 0.113. The van der Waals surface area contributed by atoms with Gasteiger partial charge in [-0.1, -0.05) is 13.8 Å². The van der Waals surface area contributed by atoms with Gasteiger partial charge in [-0.25, -0.2) is 0 Å². The summed E-state index contributed by atoms with van der Waals surface area (Å²) in [6.45, 7) is 12.6. The van der Waals surface area contributed by atoms with Crippen molar-refractivity contribution in [2.75, 3.05) is 53.0 Å². The molecule has 1 aliphatic rings. The number of piperidine rings is 1. The zero-order valence-corrected chi connectivity index (χ0v) is 17.5. The van der Waals surface area contributed by atoms with E-state index >= 15 is 0 Å². The van der Waals surface area contributed by atoms with Gasteiger partial charge in [-0.3, -0.25) is 4.99 Å². The van der Waals surface area contributed by atoms with E-state index in [2.05, 4.69) is 36.3 Å². The van der Waals surface area contributed by atoms with Crippen molar-refractivity contribution < 1.29 is 9.84 Å². The molecule has 154 valence electrons. The first-order chi connectivity index (χ1) is 12.6. The third kappa shape index (κ3) is 8.23. The third-order valence-electron chi connectivity index (χ3n) is 5.81. The van der Waals surface area contributed by atoms with E-state index in [0.717, 1.165) is 83.8 Å². The largest absolute Gasteiger partial charge is 0.396 e. The Morgan fingerprint density at radius 3 is 2.46 bits per heavy atom. The molecular formula is C20H42N4O2. The lowest BCUT2D eigenvalue weighted by atomic mass is 9.79. The summed E-state index contributed by atoms with van der Waals surface area (Å²) in [6, 6.07) is 0.488. The summed E-state index contributed by atoms with van der Waals surface area (Å²) in [7, 11) is 1.77. The Bertz CT molecular complexity index is 378. The number of hydrogen-bond acceptors (Lipinski definition) is 4. The molecular weight excluding hydrogens is 328 g/mol. The summed E-state index contributed by atoms with van der Waals surface area (Å²) >= 11 is 0. The Balaban J connectivity index is 2.52. The second kappa shape index (κ2) is 13.3. The third-order valence-corrected chi connectivity index (χ3v) is 5.81. The van der Waals surface area contributed by atoms with Crippen molar-refractivity contribution in [1.29, 1.82) is 0 Å². The maximum Gasteiger partial charge on any atom is 0.191 e. The SMILES string of the molecule is CCNC(=NCC(CC)(CC)CCO)NC1CCN(CCCOC)CC1. The van der Waals surface area contributed by atoms with Gasteiger partial charge in [0.15, 0.2) is 5.96 Å². The van der Waals surface area contributed by atoms with Gasteiger partial charge in [0.1, 0.15) is 0 Å². The van der Waals surface area contributed by atoms with Gasteiger partial charge >= 0.3 is 0 Å². The lowest BCUT2D eigenvalue weighted by Crippen LogP contribution is -2.49. The molecule has 0 amide bonds. The molecule has 1 saturated heterocycles. The molecule has 0 aromatic rings. The Kier molecular flexibility index (Phi) is 11.9. The van der Waals surface area contributed by atoms with Crippen LogP contribution in [0.25, 0.3) is 0 Å². The molecule has 0 bridgehead atoms. The van der Waals surface area contributed by atoms with E-state index in [1.54, 1.807) is 7.11 Å². The van der Waals surface area contributed by atoms with Crippen LogP contribution in [0.1, 0.15) is 59.3 Å². The maximum atomic E-state index is 9.40. The van der Waals surface area contributed by atoms with Crippen LogP contribution in [0.3, 0.4) is 0 Å². The van der Waals surface area contributed by atoms with Crippen molar-refractivity contribution in [3.63, 3.8) is 0 Å². The first-order valence-electron chi connectivity index (χ1n) is 10.5. The van der Waals surface area contributed by atoms with Crippen LogP contribution in [0.5, 0.6) is 0 Å². The van der Waals surface area contributed by atoms with Crippen LogP contribution in [0.15, 0.2) is 4.99 Å². The Morgan fingerprint density at radius 2 is 1.92 bits per heavy atom. The van der Waals surface area contributed by atoms with E-state index in [0.29, 0.717) is 6.04 Å². The van der Waals surface area contributed by atoms with E-state index in [4.69, 9.17) is 9.73 Å². The number of guanidine groups is 1. The second-order valence-corrected chi connectivity index (χ2v) is 7.48. The van der Waals surface area contributed by atoms with Crippen LogP contribution in [0, 0.1) is 5.41 Å². The molecule has 1 rings (SSSR count). The molecule has 0 aromatic carbocycles. The van der Waals surface area contributed by atoms with Gasteiger partial charge in [-0.15, -0.1) is 0 Å². The van der Waals surface area contributed by atoms with E-state index < -0.39 is 0 Å². The second-order valence-electron chi connectivity index (χ2n) is 7.48. The smallest absolute Gasteiger partial charge is 0.191 e. The molecule has 0 atom stereocenters. The highest BCUT2D eigenvalue weighted by Crippen LogP contribution is 2.30. The van der Waals surface area contributed by atoms with Crippen LogP contribution in [0.4, 0.5) is 0 Å². The zero-order chi connectivity index (χ0) is 19.3. The summed E-state index contributed by atoms with van der Waals surface area (Å²) in [5.74, 6) is 0.926. The number of aliphatic hydroxyl groups excluding tert-OH is 1. The van der Waals surface area contributed by atoms with Gasteiger partial charge in [0.05, 0.1) is 0 Å². The van der Waals surface area contributed by atoms with Gasteiger partial charge in [-0.2, -0.15) is 0 Å². The minimum Gasteiger partial charge on any atom is -0.396 e. The average molecular weight is 371 g/mol. The monoisotopic (exact) mass is 370 g/mol. The highest BCUT2D eigenvalue weighted by Gasteiger charge is 2.26. The number of aliphatic hydroxyl groups is 1. The summed E-state index contributed by atoms with van der Waals surface area (Å²) in [4.78, 5) is 7.40. The number of ether oxygens (including phenoxy) is 1. The van der Waals surface area contributed by atoms with Crippen LogP contribution in [0.2, 0.25) is 0 Å². The topological polar surface area (TPSA) is 69.1 Å². The van der Waals surface area contributed by atoms with Crippen molar-refractivity contribution >= 4 is 5.96 Å². The minimum absolute atomic E-state index is 0.113. The quantitative estimate of drug-likeness (QED) is 0.279. The first-order valence-corrected chi connectivity index (χ1v) is 10.5. The Hall–Kier alpha value is -0.850. The fourth-order valence-electron chi connectivity index (χ4n) is 3.64. The number of nitrogens with zero attached hydrogens (tertiary/aromatic N) is 2. The number of nitrogens with one attached hydrogen (secondary N) is 2. The molecule has 3 N–H and O–H groups in total. The van der Waals surface area contributed by atoms with Gasteiger partial charge in [0, 0.05) is 59.1 Å². The average Bonchev–Trinajstić information content (AvgIpc) is 2.67. The molecule has 6 nitrogen and oxygen atoms in total. The molecule has 0 spiro atoms. The number of rotatable bonds is 12. The molecule has 0 aliphatic carbocycles. The molecule has 1 aliphatic heterocycles. The van der Waals surface area contributed by atoms with Crippen LogP contribution in [-0.2, 0) is 4.74 Å². The van der Waals surface area contributed by atoms with Crippen LogP contribution < -0.4 is 10.6 Å². The van der Waals surface area contributed by atoms with Gasteiger partial charge in [0.25, 0.3) is 0 Å². The van der Waals surface area contributed by atoms with Crippen molar-refractivity contribution in [2.24, 2.45) is 10.4 Å². The normalized spacial score (nSPS) is 17.5. The molecule has 0 unspecified atom stereocenters. The van der Waals surface area contributed by atoms with Crippen molar-refractivity contribution in [2.45, 2.75) is 65.3 Å². The minimum atomic E-state index is 0.113. The number of hydrogen-bond donors (Lipinski definition) is 3. The standard InChI is InChI=1S/C20H42N4O2/c1-5-20(6-2,11-15-25)17-22-19(21-7-3)23-18-9-13-24(14-10-18)12-8-16-26-4/h18,25H,5-17H2,1-4H3,(H2,21,22,23). The first kappa shape index (κ1) is 23.2. The van der Waals surface area contributed by atoms with E-state index in [9.17, 15) is 5.11 Å². The molecule has 1 fully saturated rings. The highest BCUT2D eigenvalue weighted by atomic mass is 16.5. The van der Waals surface area contributed by atoms with Gasteiger partial charge in [-0.05, 0) is 50.9 Å². The summed E-state index contributed by atoms with van der Waals surface area (Å²) in [6.07, 6.45) is 6.34. The van der Waals surface area contributed by atoms with Crippen molar-refractivity contribution in [1.82, 2.24) is 15.5 Å². The lowest BCUT2D eigenvalue weighted by Gasteiger charge is -2.33. The van der Waals surface area contributed by atoms with E-state index in [1.807, 2.05) is 0 Å². The molecule has 0 radical (unpaired) electrons. The van der Waals surface area contributed by atoms with Gasteiger partial charge < -0.3 is 25.4 Å². The molecule has 26 heavy (non-hydrogen) atoms. The van der Waals surface area contributed by atoms with Crippen molar-refractivity contribution in [3.8, 4) is 0 Å². The summed E-state index contributed by atoms with van der Waals surface area (Å²) in [5, 5.41) is 16.4.